The molecule has 0 atom stereocenters. The van der Waals surface area contributed by atoms with Gasteiger partial charge in [-0.3, -0.25) is 4.79 Å². The van der Waals surface area contributed by atoms with Crippen molar-refractivity contribution in [2.75, 3.05) is 0 Å². The second-order valence-corrected chi connectivity index (χ2v) is 7.53. The predicted octanol–water partition coefficient (Wildman–Crippen LogP) is 2.35. The summed E-state index contributed by atoms with van der Waals surface area (Å²) in [5.74, 6) is -1.25. The van der Waals surface area contributed by atoms with Crippen LogP contribution >= 0.6 is 31.9 Å². The number of carboxylic acids is 1. The molecule has 0 bridgehead atoms. The Morgan fingerprint density at radius 3 is 2.39 bits per heavy atom. The smallest absolute Gasteiger partial charge is 0.324 e. The van der Waals surface area contributed by atoms with E-state index in [9.17, 15) is 13.2 Å². The van der Waals surface area contributed by atoms with Crippen LogP contribution in [0.3, 0.4) is 0 Å². The molecule has 18 heavy (non-hydrogen) atoms. The van der Waals surface area contributed by atoms with E-state index in [1.807, 2.05) is 0 Å². The quantitative estimate of drug-likeness (QED) is 0.812. The minimum Gasteiger partial charge on any atom is -0.480 e. The molecule has 100 valence electrons. The van der Waals surface area contributed by atoms with Gasteiger partial charge in [-0.15, -0.1) is 0 Å². The summed E-state index contributed by atoms with van der Waals surface area (Å²) >= 11 is 6.29. The van der Waals surface area contributed by atoms with E-state index < -0.39 is 21.5 Å². The second-order valence-electron chi connectivity index (χ2n) is 4.11. The van der Waals surface area contributed by atoms with Crippen molar-refractivity contribution < 1.29 is 18.3 Å². The molecule has 1 aromatic carbocycles. The Labute approximate surface area is 122 Å². The van der Waals surface area contributed by atoms with Crippen molar-refractivity contribution >= 4 is 47.9 Å². The van der Waals surface area contributed by atoms with Gasteiger partial charge in [0, 0.05) is 8.95 Å². The van der Waals surface area contributed by atoms with Crippen LogP contribution in [0.15, 0.2) is 32.0 Å². The summed E-state index contributed by atoms with van der Waals surface area (Å²) in [5, 5.41) is 8.93. The highest BCUT2D eigenvalue weighted by molar-refractivity contribution is 9.11. The Morgan fingerprint density at radius 1 is 1.33 bits per heavy atom. The highest BCUT2D eigenvalue weighted by atomic mass is 79.9. The van der Waals surface area contributed by atoms with Gasteiger partial charge >= 0.3 is 5.97 Å². The topological polar surface area (TPSA) is 83.5 Å². The van der Waals surface area contributed by atoms with Crippen molar-refractivity contribution in [1.29, 1.82) is 0 Å². The highest BCUT2D eigenvalue weighted by Gasteiger charge is 2.33. The molecular formula is C10H11Br2NO4S. The zero-order valence-electron chi connectivity index (χ0n) is 9.57. The maximum Gasteiger partial charge on any atom is 0.324 e. The molecule has 0 aliphatic rings. The van der Waals surface area contributed by atoms with E-state index in [4.69, 9.17) is 5.11 Å². The third kappa shape index (κ3) is 3.53. The number of hydrogen-bond donors (Lipinski definition) is 2. The number of aliphatic carboxylic acids is 1. The lowest BCUT2D eigenvalue weighted by Gasteiger charge is -2.21. The van der Waals surface area contributed by atoms with E-state index in [0.717, 1.165) is 0 Å². The average Bonchev–Trinajstić information content (AvgIpc) is 2.19. The molecule has 2 N–H and O–H groups in total. The van der Waals surface area contributed by atoms with Crippen molar-refractivity contribution in [3.63, 3.8) is 0 Å². The van der Waals surface area contributed by atoms with E-state index in [2.05, 4.69) is 36.6 Å². The molecule has 0 aromatic heterocycles. The zero-order chi connectivity index (χ0) is 14.1. The molecule has 0 spiro atoms. The van der Waals surface area contributed by atoms with Crippen LogP contribution in [0.5, 0.6) is 0 Å². The van der Waals surface area contributed by atoms with E-state index in [-0.39, 0.29) is 4.90 Å². The molecular weight excluding hydrogens is 390 g/mol. The first kappa shape index (κ1) is 15.6. The minimum absolute atomic E-state index is 0.0220. The fraction of sp³-hybridized carbons (Fsp3) is 0.300. The Bertz CT molecular complexity index is 584. The van der Waals surface area contributed by atoms with Gasteiger partial charge in [0.1, 0.15) is 5.54 Å². The number of sulfonamides is 1. The third-order valence-corrected chi connectivity index (χ3v) is 5.25. The van der Waals surface area contributed by atoms with Gasteiger partial charge in [-0.25, -0.2) is 8.42 Å². The lowest BCUT2D eigenvalue weighted by atomic mass is 10.1. The second kappa shape index (κ2) is 5.28. The van der Waals surface area contributed by atoms with Crippen LogP contribution in [0.4, 0.5) is 0 Å². The van der Waals surface area contributed by atoms with Crippen LogP contribution in [-0.4, -0.2) is 25.0 Å². The summed E-state index contributed by atoms with van der Waals surface area (Å²) in [7, 11) is -3.92. The average molecular weight is 401 g/mol. The van der Waals surface area contributed by atoms with Gasteiger partial charge in [0.05, 0.1) is 4.90 Å². The molecule has 0 amide bonds. The SMILES string of the molecule is CC(C)(NS(=O)(=O)c1cc(Br)ccc1Br)C(=O)O. The number of benzene rings is 1. The standard InChI is InChI=1S/C10H11Br2NO4S/c1-10(2,9(14)15)13-18(16,17)8-5-6(11)3-4-7(8)12/h3-5,13H,1-2H3,(H,14,15). The largest absolute Gasteiger partial charge is 0.480 e. The normalized spacial score (nSPS) is 12.4. The monoisotopic (exact) mass is 399 g/mol. The summed E-state index contributed by atoms with van der Waals surface area (Å²) in [4.78, 5) is 10.9. The molecule has 0 aliphatic heterocycles. The Hall–Kier alpha value is -0.440. The molecule has 8 heteroatoms. The number of hydrogen-bond acceptors (Lipinski definition) is 3. The maximum atomic E-state index is 12.1. The number of nitrogens with one attached hydrogen (secondary N) is 1. The first-order valence-corrected chi connectivity index (χ1v) is 7.85. The molecule has 0 saturated heterocycles. The molecule has 5 nitrogen and oxygen atoms in total. The van der Waals surface area contributed by atoms with Crippen molar-refractivity contribution in [2.24, 2.45) is 0 Å². The van der Waals surface area contributed by atoms with Gasteiger partial charge in [0.15, 0.2) is 0 Å². The van der Waals surface area contributed by atoms with Crippen LogP contribution < -0.4 is 4.72 Å². The minimum atomic E-state index is -3.92. The van der Waals surface area contributed by atoms with Crippen molar-refractivity contribution in [2.45, 2.75) is 24.3 Å². The molecule has 1 rings (SSSR count). The van der Waals surface area contributed by atoms with Crippen LogP contribution in [-0.2, 0) is 14.8 Å². The van der Waals surface area contributed by atoms with Gasteiger partial charge in [-0.2, -0.15) is 4.72 Å². The lowest BCUT2D eigenvalue weighted by Crippen LogP contribution is -2.49. The van der Waals surface area contributed by atoms with E-state index >= 15 is 0 Å². The molecule has 0 aliphatic carbocycles. The summed E-state index contributed by atoms with van der Waals surface area (Å²) < 4.78 is 27.3. The summed E-state index contributed by atoms with van der Waals surface area (Å²) in [6, 6.07) is 4.63. The Morgan fingerprint density at radius 2 is 1.89 bits per heavy atom. The predicted molar refractivity (Wildman–Crippen MR) is 73.9 cm³/mol. The Kier molecular flexibility index (Phi) is 4.58. The van der Waals surface area contributed by atoms with Gasteiger partial charge in [-0.1, -0.05) is 15.9 Å². The first-order valence-electron chi connectivity index (χ1n) is 4.79. The zero-order valence-corrected chi connectivity index (χ0v) is 13.6. The Balaban J connectivity index is 3.23. The molecule has 0 heterocycles. The van der Waals surface area contributed by atoms with Gasteiger partial charge in [0.2, 0.25) is 10.0 Å². The first-order chi connectivity index (χ1) is 8.06. The number of rotatable bonds is 4. The molecule has 0 radical (unpaired) electrons. The highest BCUT2D eigenvalue weighted by Crippen LogP contribution is 2.26. The molecule has 1 aromatic rings. The summed E-state index contributed by atoms with van der Waals surface area (Å²) in [6.07, 6.45) is 0. The number of carbonyl (C=O) groups is 1. The fourth-order valence-electron chi connectivity index (χ4n) is 1.12. The summed E-state index contributed by atoms with van der Waals surface area (Å²) in [5.41, 5.74) is -1.58. The third-order valence-electron chi connectivity index (χ3n) is 2.11. The molecule has 0 fully saturated rings. The fourth-order valence-corrected chi connectivity index (χ4v) is 3.99. The van der Waals surface area contributed by atoms with Crippen molar-refractivity contribution in [1.82, 2.24) is 4.72 Å². The van der Waals surface area contributed by atoms with Crippen LogP contribution in [0.2, 0.25) is 0 Å². The van der Waals surface area contributed by atoms with Crippen molar-refractivity contribution in [3.05, 3.63) is 27.1 Å². The van der Waals surface area contributed by atoms with E-state index in [1.54, 1.807) is 12.1 Å². The maximum absolute atomic E-state index is 12.1. The van der Waals surface area contributed by atoms with Gasteiger partial charge in [-0.05, 0) is 48.0 Å². The number of halogens is 2. The lowest BCUT2D eigenvalue weighted by molar-refractivity contribution is -0.142. The van der Waals surface area contributed by atoms with Crippen LogP contribution in [0.25, 0.3) is 0 Å². The number of carboxylic acid groups (broad SMARTS) is 1. The van der Waals surface area contributed by atoms with E-state index in [0.29, 0.717) is 8.95 Å². The summed E-state index contributed by atoms with van der Waals surface area (Å²) in [6.45, 7) is 2.55. The van der Waals surface area contributed by atoms with Crippen molar-refractivity contribution in [3.8, 4) is 0 Å². The van der Waals surface area contributed by atoms with Gasteiger partial charge < -0.3 is 5.11 Å². The van der Waals surface area contributed by atoms with Crippen LogP contribution in [0, 0.1) is 0 Å². The van der Waals surface area contributed by atoms with E-state index in [1.165, 1.54) is 19.9 Å². The molecule has 0 saturated carbocycles. The molecule has 0 unspecified atom stereocenters. The van der Waals surface area contributed by atoms with Crippen LogP contribution in [0.1, 0.15) is 13.8 Å². The van der Waals surface area contributed by atoms with Gasteiger partial charge in [0.25, 0.3) is 0 Å².